The van der Waals surface area contributed by atoms with Gasteiger partial charge in [-0.25, -0.2) is 0 Å². The number of pyridine rings is 1. The van der Waals surface area contributed by atoms with Crippen molar-refractivity contribution < 1.29 is 4.42 Å². The first-order chi connectivity index (χ1) is 7.34. The maximum Gasteiger partial charge on any atom is 0.117 e. The average Bonchev–Trinajstić information content (AvgIpc) is 2.74. The molecule has 0 atom stereocenters. The fourth-order valence-corrected chi connectivity index (χ4v) is 1.35. The van der Waals surface area contributed by atoms with Gasteiger partial charge in [0.1, 0.15) is 5.76 Å². The van der Waals surface area contributed by atoms with Crippen molar-refractivity contribution in [3.63, 3.8) is 0 Å². The molecular formula is C12H14N2O. The van der Waals surface area contributed by atoms with E-state index in [1.54, 1.807) is 6.26 Å². The predicted molar refractivity (Wildman–Crippen MR) is 58.2 cm³/mol. The Labute approximate surface area is 89.1 Å². The number of hydrogen-bond acceptors (Lipinski definition) is 3. The first-order valence-corrected chi connectivity index (χ1v) is 4.99. The Bertz CT molecular complexity index is 392. The quantitative estimate of drug-likeness (QED) is 0.826. The number of nitrogens with one attached hydrogen (secondary N) is 1. The fourth-order valence-electron chi connectivity index (χ4n) is 1.35. The van der Waals surface area contributed by atoms with E-state index >= 15 is 0 Å². The molecule has 0 amide bonds. The molecule has 78 valence electrons. The molecule has 3 heteroatoms. The van der Waals surface area contributed by atoms with E-state index in [0.717, 1.165) is 24.5 Å². The number of aromatic nitrogens is 1. The van der Waals surface area contributed by atoms with Crippen molar-refractivity contribution in [2.45, 2.75) is 20.0 Å². The van der Waals surface area contributed by atoms with Gasteiger partial charge in [0.25, 0.3) is 0 Å². The highest BCUT2D eigenvalue weighted by Crippen LogP contribution is 2.01. The van der Waals surface area contributed by atoms with Crippen LogP contribution in [0.4, 0.5) is 0 Å². The second-order valence-electron chi connectivity index (χ2n) is 3.49. The zero-order valence-electron chi connectivity index (χ0n) is 8.73. The third-order valence-corrected chi connectivity index (χ3v) is 2.18. The molecule has 0 aliphatic carbocycles. The standard InChI is InChI=1S/C12H14N2O/c1-10-4-5-11(8-14-10)7-13-9-12-3-2-6-15-12/h2-6,8,13H,7,9H2,1H3. The SMILES string of the molecule is Cc1ccc(CNCc2ccco2)cn1. The van der Waals surface area contributed by atoms with Crippen LogP contribution in [0.1, 0.15) is 17.0 Å². The average molecular weight is 202 g/mol. The number of hydrogen-bond donors (Lipinski definition) is 1. The molecule has 2 aromatic rings. The Morgan fingerprint density at radius 2 is 2.20 bits per heavy atom. The minimum absolute atomic E-state index is 0.751. The van der Waals surface area contributed by atoms with E-state index in [1.807, 2.05) is 31.3 Å². The van der Waals surface area contributed by atoms with Crippen LogP contribution in [0, 0.1) is 6.92 Å². The lowest BCUT2D eigenvalue weighted by Crippen LogP contribution is -2.12. The summed E-state index contributed by atoms with van der Waals surface area (Å²) in [5.74, 6) is 0.954. The van der Waals surface area contributed by atoms with Crippen LogP contribution >= 0.6 is 0 Å². The highest BCUT2D eigenvalue weighted by atomic mass is 16.3. The Hall–Kier alpha value is -1.61. The van der Waals surface area contributed by atoms with Crippen LogP contribution in [-0.4, -0.2) is 4.98 Å². The van der Waals surface area contributed by atoms with Crippen molar-refractivity contribution in [3.05, 3.63) is 53.7 Å². The van der Waals surface area contributed by atoms with Crippen LogP contribution in [0.25, 0.3) is 0 Å². The second-order valence-corrected chi connectivity index (χ2v) is 3.49. The minimum atomic E-state index is 0.751. The molecule has 0 aromatic carbocycles. The zero-order chi connectivity index (χ0) is 10.5. The largest absolute Gasteiger partial charge is 0.468 e. The van der Waals surface area contributed by atoms with Crippen molar-refractivity contribution in [2.75, 3.05) is 0 Å². The summed E-state index contributed by atoms with van der Waals surface area (Å²) in [6.45, 7) is 3.55. The van der Waals surface area contributed by atoms with E-state index in [4.69, 9.17) is 4.42 Å². The van der Waals surface area contributed by atoms with Crippen LogP contribution in [0.2, 0.25) is 0 Å². The van der Waals surface area contributed by atoms with E-state index in [2.05, 4.69) is 16.4 Å². The normalized spacial score (nSPS) is 10.5. The third kappa shape index (κ3) is 2.92. The summed E-state index contributed by atoms with van der Waals surface area (Å²) < 4.78 is 5.21. The molecule has 0 unspecified atom stereocenters. The van der Waals surface area contributed by atoms with Crippen LogP contribution < -0.4 is 5.32 Å². The lowest BCUT2D eigenvalue weighted by atomic mass is 10.2. The lowest BCUT2D eigenvalue weighted by Gasteiger charge is -2.02. The molecule has 0 saturated heterocycles. The lowest BCUT2D eigenvalue weighted by molar-refractivity contribution is 0.483. The number of aryl methyl sites for hydroxylation is 1. The van der Waals surface area contributed by atoms with Gasteiger partial charge in [-0.15, -0.1) is 0 Å². The summed E-state index contributed by atoms with van der Waals surface area (Å²) in [6.07, 6.45) is 3.58. The zero-order valence-corrected chi connectivity index (χ0v) is 8.73. The smallest absolute Gasteiger partial charge is 0.117 e. The highest BCUT2D eigenvalue weighted by molar-refractivity contribution is 5.12. The van der Waals surface area contributed by atoms with Crippen LogP contribution in [0.5, 0.6) is 0 Å². The maximum absolute atomic E-state index is 5.21. The first-order valence-electron chi connectivity index (χ1n) is 4.99. The molecule has 0 saturated carbocycles. The van der Waals surface area contributed by atoms with Gasteiger partial charge in [-0.1, -0.05) is 6.07 Å². The Balaban J connectivity index is 1.81. The van der Waals surface area contributed by atoms with Gasteiger partial charge in [0, 0.05) is 18.4 Å². The summed E-state index contributed by atoms with van der Waals surface area (Å²) >= 11 is 0. The van der Waals surface area contributed by atoms with Crippen molar-refractivity contribution in [3.8, 4) is 0 Å². The van der Waals surface area contributed by atoms with E-state index in [-0.39, 0.29) is 0 Å². The maximum atomic E-state index is 5.21. The predicted octanol–water partition coefficient (Wildman–Crippen LogP) is 2.27. The Kier molecular flexibility index (Phi) is 3.15. The molecule has 2 rings (SSSR count). The van der Waals surface area contributed by atoms with Crippen molar-refractivity contribution >= 4 is 0 Å². The van der Waals surface area contributed by atoms with Crippen LogP contribution in [0.15, 0.2) is 41.1 Å². The molecule has 3 nitrogen and oxygen atoms in total. The van der Waals surface area contributed by atoms with E-state index in [0.29, 0.717) is 0 Å². The first kappa shape index (κ1) is 9.93. The molecule has 15 heavy (non-hydrogen) atoms. The second kappa shape index (κ2) is 4.75. The van der Waals surface area contributed by atoms with Crippen LogP contribution in [-0.2, 0) is 13.1 Å². The van der Waals surface area contributed by atoms with Gasteiger partial charge >= 0.3 is 0 Å². The van der Waals surface area contributed by atoms with Gasteiger partial charge in [0.15, 0.2) is 0 Å². The molecule has 0 aliphatic heterocycles. The molecule has 2 aromatic heterocycles. The van der Waals surface area contributed by atoms with Gasteiger partial charge in [-0.2, -0.15) is 0 Å². The van der Waals surface area contributed by atoms with Crippen molar-refractivity contribution in [1.29, 1.82) is 0 Å². The number of nitrogens with zero attached hydrogens (tertiary/aromatic N) is 1. The molecule has 0 bridgehead atoms. The topological polar surface area (TPSA) is 38.1 Å². The van der Waals surface area contributed by atoms with Crippen molar-refractivity contribution in [2.24, 2.45) is 0 Å². The van der Waals surface area contributed by atoms with E-state index in [9.17, 15) is 0 Å². The van der Waals surface area contributed by atoms with Crippen molar-refractivity contribution in [1.82, 2.24) is 10.3 Å². The third-order valence-electron chi connectivity index (χ3n) is 2.18. The summed E-state index contributed by atoms with van der Waals surface area (Å²) in [7, 11) is 0. The molecule has 1 N–H and O–H groups in total. The molecule has 2 heterocycles. The summed E-state index contributed by atoms with van der Waals surface area (Å²) in [5.41, 5.74) is 2.23. The number of rotatable bonds is 4. The van der Waals surface area contributed by atoms with Gasteiger partial charge in [-0.05, 0) is 30.7 Å². The van der Waals surface area contributed by atoms with E-state index < -0.39 is 0 Å². The van der Waals surface area contributed by atoms with Gasteiger partial charge in [-0.3, -0.25) is 4.98 Å². The molecule has 0 spiro atoms. The van der Waals surface area contributed by atoms with E-state index in [1.165, 1.54) is 5.56 Å². The minimum Gasteiger partial charge on any atom is -0.468 e. The molecule has 0 fully saturated rings. The summed E-state index contributed by atoms with van der Waals surface area (Å²) in [4.78, 5) is 4.23. The summed E-state index contributed by atoms with van der Waals surface area (Å²) in [5, 5.41) is 3.29. The summed E-state index contributed by atoms with van der Waals surface area (Å²) in [6, 6.07) is 7.95. The van der Waals surface area contributed by atoms with Gasteiger partial charge in [0.05, 0.1) is 12.8 Å². The Morgan fingerprint density at radius 3 is 2.87 bits per heavy atom. The monoisotopic (exact) mass is 202 g/mol. The highest BCUT2D eigenvalue weighted by Gasteiger charge is 1.96. The molecular weight excluding hydrogens is 188 g/mol. The molecule has 0 radical (unpaired) electrons. The fraction of sp³-hybridized carbons (Fsp3) is 0.250. The van der Waals surface area contributed by atoms with Gasteiger partial charge in [0.2, 0.25) is 0 Å². The number of furan rings is 1. The molecule has 0 aliphatic rings. The van der Waals surface area contributed by atoms with Gasteiger partial charge < -0.3 is 9.73 Å². The Morgan fingerprint density at radius 1 is 1.27 bits per heavy atom. The van der Waals surface area contributed by atoms with Crippen LogP contribution in [0.3, 0.4) is 0 Å².